The van der Waals surface area contributed by atoms with Crippen LogP contribution >= 0.6 is 0 Å². The molecule has 3 atom stereocenters. The monoisotopic (exact) mass is 246 g/mol. The zero-order valence-electron chi connectivity index (χ0n) is 11.9. The minimum Gasteiger partial charge on any atom is -0.385 e. The summed E-state index contributed by atoms with van der Waals surface area (Å²) >= 11 is 0. The van der Waals surface area contributed by atoms with Gasteiger partial charge in [0, 0.05) is 0 Å². The van der Waals surface area contributed by atoms with E-state index in [1.807, 2.05) is 0 Å². The van der Waals surface area contributed by atoms with E-state index in [1.54, 1.807) is 0 Å². The van der Waals surface area contributed by atoms with Crippen molar-refractivity contribution in [1.29, 1.82) is 0 Å². The van der Waals surface area contributed by atoms with Crippen molar-refractivity contribution in [3.8, 4) is 0 Å². The highest BCUT2D eigenvalue weighted by Crippen LogP contribution is 2.44. The summed E-state index contributed by atoms with van der Waals surface area (Å²) < 4.78 is 0. The number of aliphatic hydroxyl groups is 1. The molecule has 0 amide bonds. The van der Waals surface area contributed by atoms with Crippen LogP contribution in [-0.2, 0) is 12.0 Å². The smallest absolute Gasteiger partial charge is 0.0924 e. The van der Waals surface area contributed by atoms with Crippen molar-refractivity contribution in [1.82, 2.24) is 0 Å². The fraction of sp³-hybridized carbons (Fsp3) is 0.647. The molecule has 0 aliphatic heterocycles. The summed E-state index contributed by atoms with van der Waals surface area (Å²) in [6.07, 6.45) is 5.56. The Kier molecular flexibility index (Phi) is 4.11. The minimum atomic E-state index is -0.610. The van der Waals surface area contributed by atoms with Gasteiger partial charge in [0.2, 0.25) is 0 Å². The average molecular weight is 246 g/mol. The summed E-state index contributed by atoms with van der Waals surface area (Å²) in [5, 5.41) is 11.1. The molecule has 1 heteroatoms. The molecule has 1 aromatic rings. The Bertz CT molecular complexity index is 398. The van der Waals surface area contributed by atoms with Crippen molar-refractivity contribution >= 4 is 0 Å². The van der Waals surface area contributed by atoms with E-state index in [4.69, 9.17) is 0 Å². The van der Waals surface area contributed by atoms with Gasteiger partial charge in [-0.1, -0.05) is 57.9 Å². The fourth-order valence-electron chi connectivity index (χ4n) is 3.33. The molecule has 0 bridgehead atoms. The van der Waals surface area contributed by atoms with Crippen LogP contribution in [-0.4, -0.2) is 5.11 Å². The lowest BCUT2D eigenvalue weighted by molar-refractivity contribution is -0.0689. The third kappa shape index (κ3) is 2.47. The standard InChI is InChI=1S/C17H26O/c1-4-7-15-9-5-10-16(12-15)17(18)11-6-8-13(2)14(17)3/h5,9-10,12-14,18H,4,6-8,11H2,1-3H3. The number of hydrogen-bond donors (Lipinski definition) is 1. The molecular formula is C17H26O. The highest BCUT2D eigenvalue weighted by atomic mass is 16.3. The van der Waals surface area contributed by atoms with Crippen LogP contribution < -0.4 is 0 Å². The van der Waals surface area contributed by atoms with E-state index >= 15 is 0 Å². The number of rotatable bonds is 3. The van der Waals surface area contributed by atoms with E-state index < -0.39 is 5.60 Å². The van der Waals surface area contributed by atoms with Gasteiger partial charge in [0.25, 0.3) is 0 Å². The molecule has 1 fully saturated rings. The largest absolute Gasteiger partial charge is 0.385 e. The van der Waals surface area contributed by atoms with Crippen LogP contribution in [0.1, 0.15) is 57.6 Å². The van der Waals surface area contributed by atoms with Crippen molar-refractivity contribution in [3.63, 3.8) is 0 Å². The third-order valence-corrected chi connectivity index (χ3v) is 4.79. The maximum absolute atomic E-state index is 11.1. The van der Waals surface area contributed by atoms with E-state index in [0.717, 1.165) is 31.2 Å². The van der Waals surface area contributed by atoms with Gasteiger partial charge in [0.05, 0.1) is 5.60 Å². The first-order valence-electron chi connectivity index (χ1n) is 7.39. The van der Waals surface area contributed by atoms with Crippen molar-refractivity contribution in [2.24, 2.45) is 11.8 Å². The SMILES string of the molecule is CCCc1cccc(C2(O)CCCC(C)C2C)c1. The van der Waals surface area contributed by atoms with Crippen LogP contribution in [0.3, 0.4) is 0 Å². The summed E-state index contributed by atoms with van der Waals surface area (Å²) in [5.41, 5.74) is 1.88. The number of hydrogen-bond acceptors (Lipinski definition) is 1. The molecule has 1 nitrogen and oxygen atoms in total. The summed E-state index contributed by atoms with van der Waals surface area (Å²) in [7, 11) is 0. The predicted molar refractivity (Wildman–Crippen MR) is 76.5 cm³/mol. The Morgan fingerprint density at radius 2 is 2.11 bits per heavy atom. The normalized spacial score (nSPS) is 32.4. The molecule has 1 aromatic carbocycles. The fourth-order valence-corrected chi connectivity index (χ4v) is 3.33. The second-order valence-electron chi connectivity index (χ2n) is 6.03. The molecule has 0 radical (unpaired) electrons. The lowest BCUT2D eigenvalue weighted by Gasteiger charge is -2.42. The molecule has 0 saturated heterocycles. The zero-order chi connectivity index (χ0) is 13.2. The van der Waals surface area contributed by atoms with E-state index in [9.17, 15) is 5.11 Å². The first-order valence-corrected chi connectivity index (χ1v) is 7.39. The highest BCUT2D eigenvalue weighted by molar-refractivity contribution is 5.29. The van der Waals surface area contributed by atoms with Crippen molar-refractivity contribution in [3.05, 3.63) is 35.4 Å². The van der Waals surface area contributed by atoms with E-state index in [0.29, 0.717) is 11.8 Å². The quantitative estimate of drug-likeness (QED) is 0.844. The van der Waals surface area contributed by atoms with Crippen LogP contribution in [0.5, 0.6) is 0 Å². The molecule has 3 unspecified atom stereocenters. The van der Waals surface area contributed by atoms with Gasteiger partial charge < -0.3 is 5.11 Å². The second kappa shape index (κ2) is 5.44. The first kappa shape index (κ1) is 13.6. The van der Waals surface area contributed by atoms with Gasteiger partial charge in [-0.05, 0) is 42.2 Å². The lowest BCUT2D eigenvalue weighted by atomic mass is 9.67. The molecule has 1 aliphatic carbocycles. The third-order valence-electron chi connectivity index (χ3n) is 4.79. The Morgan fingerprint density at radius 3 is 2.83 bits per heavy atom. The maximum Gasteiger partial charge on any atom is 0.0924 e. The van der Waals surface area contributed by atoms with Crippen LogP contribution in [0.4, 0.5) is 0 Å². The van der Waals surface area contributed by atoms with E-state index in [2.05, 4.69) is 45.0 Å². The molecule has 0 aromatic heterocycles. The summed E-state index contributed by atoms with van der Waals surface area (Å²) in [6, 6.07) is 8.60. The van der Waals surface area contributed by atoms with Crippen molar-refractivity contribution in [2.45, 2.75) is 58.5 Å². The molecule has 0 heterocycles. The molecule has 2 rings (SSSR count). The van der Waals surface area contributed by atoms with E-state index in [-0.39, 0.29) is 0 Å². The van der Waals surface area contributed by atoms with Gasteiger partial charge in [0.15, 0.2) is 0 Å². The van der Waals surface area contributed by atoms with Gasteiger partial charge in [-0.15, -0.1) is 0 Å². The van der Waals surface area contributed by atoms with Crippen LogP contribution in [0, 0.1) is 11.8 Å². The molecular weight excluding hydrogens is 220 g/mol. The Labute approximate surface area is 111 Å². The highest BCUT2D eigenvalue weighted by Gasteiger charge is 2.41. The molecule has 18 heavy (non-hydrogen) atoms. The van der Waals surface area contributed by atoms with Gasteiger partial charge in [0.1, 0.15) is 0 Å². The van der Waals surface area contributed by atoms with Crippen molar-refractivity contribution in [2.75, 3.05) is 0 Å². The Hall–Kier alpha value is -0.820. The molecule has 0 spiro atoms. The summed E-state index contributed by atoms with van der Waals surface area (Å²) in [4.78, 5) is 0. The lowest BCUT2D eigenvalue weighted by Crippen LogP contribution is -2.40. The van der Waals surface area contributed by atoms with Crippen LogP contribution in [0.15, 0.2) is 24.3 Å². The van der Waals surface area contributed by atoms with Crippen LogP contribution in [0.25, 0.3) is 0 Å². The average Bonchev–Trinajstić information content (AvgIpc) is 2.37. The molecule has 1 aliphatic rings. The Balaban J connectivity index is 2.30. The van der Waals surface area contributed by atoms with Gasteiger partial charge >= 0.3 is 0 Å². The van der Waals surface area contributed by atoms with Gasteiger partial charge in [-0.25, -0.2) is 0 Å². The van der Waals surface area contributed by atoms with Crippen molar-refractivity contribution < 1.29 is 5.11 Å². The predicted octanol–water partition coefficient (Wildman–Crippen LogP) is 4.28. The van der Waals surface area contributed by atoms with Gasteiger partial charge in [-0.3, -0.25) is 0 Å². The Morgan fingerprint density at radius 1 is 1.33 bits per heavy atom. The summed E-state index contributed by atoms with van der Waals surface area (Å²) in [6.45, 7) is 6.67. The second-order valence-corrected chi connectivity index (χ2v) is 6.03. The molecule has 1 N–H and O–H groups in total. The minimum absolute atomic E-state index is 0.350. The topological polar surface area (TPSA) is 20.2 Å². The number of aryl methyl sites for hydroxylation is 1. The van der Waals surface area contributed by atoms with Crippen LogP contribution in [0.2, 0.25) is 0 Å². The maximum atomic E-state index is 11.1. The molecule has 1 saturated carbocycles. The van der Waals surface area contributed by atoms with E-state index in [1.165, 1.54) is 12.0 Å². The summed E-state index contributed by atoms with van der Waals surface area (Å²) in [5.74, 6) is 0.960. The van der Waals surface area contributed by atoms with Gasteiger partial charge in [-0.2, -0.15) is 0 Å². The number of benzene rings is 1. The molecule has 100 valence electrons. The first-order chi connectivity index (χ1) is 8.58. The zero-order valence-corrected chi connectivity index (χ0v) is 11.9.